The molecule has 0 fully saturated rings. The highest BCUT2D eigenvalue weighted by molar-refractivity contribution is 5.73. The van der Waals surface area contributed by atoms with Crippen molar-refractivity contribution in [1.29, 1.82) is 0 Å². The Morgan fingerprint density at radius 1 is 0.958 bits per heavy atom. The van der Waals surface area contributed by atoms with Crippen molar-refractivity contribution < 1.29 is 0 Å². The molecule has 0 saturated carbocycles. The molecule has 1 aliphatic rings. The van der Waals surface area contributed by atoms with Gasteiger partial charge in [0.2, 0.25) is 0 Å². The maximum absolute atomic E-state index is 4.29. The molecule has 1 aliphatic carbocycles. The normalized spacial score (nSPS) is 13.9. The van der Waals surface area contributed by atoms with Gasteiger partial charge in [0.25, 0.3) is 0 Å². The van der Waals surface area contributed by atoms with Gasteiger partial charge in [0.05, 0.1) is 0 Å². The van der Waals surface area contributed by atoms with Gasteiger partial charge in [0, 0.05) is 0 Å². The summed E-state index contributed by atoms with van der Waals surface area (Å²) >= 11 is 0. The van der Waals surface area contributed by atoms with E-state index in [1.54, 1.807) is 0 Å². The van der Waals surface area contributed by atoms with Crippen LogP contribution >= 0.6 is 0 Å². The molecule has 2 aromatic rings. The topological polar surface area (TPSA) is 0 Å². The second-order valence-electron chi connectivity index (χ2n) is 7.63. The van der Waals surface area contributed by atoms with Crippen LogP contribution in [0, 0.1) is 0 Å². The summed E-state index contributed by atoms with van der Waals surface area (Å²) in [5.41, 5.74) is 8.00. The van der Waals surface area contributed by atoms with Crippen LogP contribution in [0.4, 0.5) is 0 Å². The van der Waals surface area contributed by atoms with Crippen molar-refractivity contribution in [2.24, 2.45) is 0 Å². The lowest BCUT2D eigenvalue weighted by molar-refractivity contribution is 0.590. The van der Waals surface area contributed by atoms with Crippen LogP contribution in [0.15, 0.2) is 73.3 Å². The number of hydrogen-bond donors (Lipinski definition) is 0. The predicted molar refractivity (Wildman–Crippen MR) is 106 cm³/mol. The van der Waals surface area contributed by atoms with E-state index >= 15 is 0 Å². The van der Waals surface area contributed by atoms with Crippen LogP contribution in [-0.2, 0) is 11.8 Å². The molecular weight excluding hydrogens is 288 g/mol. The van der Waals surface area contributed by atoms with Crippen molar-refractivity contribution in [2.45, 2.75) is 39.0 Å². The summed E-state index contributed by atoms with van der Waals surface area (Å²) < 4.78 is 0. The standard InChI is InChI=1S/C24H26/c1-18(17-19-9-15-23(16-10-19)24(2,3)4)20-11-13-22(14-12-20)21-7-5-6-8-21/h5-7,9-16H,1,8,17H2,2-4H3. The molecule has 0 amide bonds. The van der Waals surface area contributed by atoms with Crippen LogP contribution in [-0.4, -0.2) is 0 Å². The Bertz CT molecular complexity index is 775. The van der Waals surface area contributed by atoms with E-state index in [-0.39, 0.29) is 5.41 Å². The Kier molecular flexibility index (Phi) is 4.57. The summed E-state index contributed by atoms with van der Waals surface area (Å²) in [5.74, 6) is 0. The minimum atomic E-state index is 0.204. The maximum Gasteiger partial charge on any atom is -0.00257 e. The number of allylic oxidation sites excluding steroid dienone is 5. The maximum atomic E-state index is 4.29. The van der Waals surface area contributed by atoms with E-state index in [1.165, 1.54) is 33.4 Å². The highest BCUT2D eigenvalue weighted by Gasteiger charge is 2.13. The molecule has 0 aromatic heterocycles. The molecule has 0 spiro atoms. The lowest BCUT2D eigenvalue weighted by atomic mass is 9.86. The van der Waals surface area contributed by atoms with Gasteiger partial charge in [-0.1, -0.05) is 94.1 Å². The zero-order valence-corrected chi connectivity index (χ0v) is 15.0. The van der Waals surface area contributed by atoms with Gasteiger partial charge >= 0.3 is 0 Å². The van der Waals surface area contributed by atoms with E-state index in [2.05, 4.69) is 94.1 Å². The first-order valence-corrected chi connectivity index (χ1v) is 8.67. The lowest BCUT2D eigenvalue weighted by Gasteiger charge is -2.19. The molecule has 0 nitrogen and oxygen atoms in total. The van der Waals surface area contributed by atoms with Gasteiger partial charge in [-0.3, -0.25) is 0 Å². The fourth-order valence-corrected chi connectivity index (χ4v) is 3.05. The molecule has 0 bridgehead atoms. The van der Waals surface area contributed by atoms with Crippen molar-refractivity contribution in [3.05, 3.63) is 95.6 Å². The second kappa shape index (κ2) is 6.65. The Labute approximate surface area is 146 Å². The van der Waals surface area contributed by atoms with Crippen molar-refractivity contribution >= 4 is 11.1 Å². The Morgan fingerprint density at radius 2 is 1.62 bits per heavy atom. The molecular formula is C24H26. The summed E-state index contributed by atoms with van der Waals surface area (Å²) in [7, 11) is 0. The van der Waals surface area contributed by atoms with E-state index in [0.29, 0.717) is 0 Å². The molecule has 0 aliphatic heterocycles. The number of benzene rings is 2. The van der Waals surface area contributed by atoms with Crippen molar-refractivity contribution in [3.63, 3.8) is 0 Å². The SMILES string of the molecule is C=C(Cc1ccc(C(C)(C)C)cc1)c1ccc(C2=CC=CC2)cc1. The molecule has 0 N–H and O–H groups in total. The molecule has 0 heterocycles. The summed E-state index contributed by atoms with van der Waals surface area (Å²) in [6, 6.07) is 17.8. The summed E-state index contributed by atoms with van der Waals surface area (Å²) in [5, 5.41) is 0. The summed E-state index contributed by atoms with van der Waals surface area (Å²) in [6.45, 7) is 11.0. The Balaban J connectivity index is 1.68. The summed E-state index contributed by atoms with van der Waals surface area (Å²) in [4.78, 5) is 0. The molecule has 2 aromatic carbocycles. The van der Waals surface area contributed by atoms with Gasteiger partial charge in [-0.15, -0.1) is 0 Å². The average Bonchev–Trinajstić information content (AvgIpc) is 3.09. The Morgan fingerprint density at radius 3 is 2.17 bits per heavy atom. The molecule has 122 valence electrons. The van der Waals surface area contributed by atoms with Crippen molar-refractivity contribution in [2.75, 3.05) is 0 Å². The van der Waals surface area contributed by atoms with E-state index < -0.39 is 0 Å². The van der Waals surface area contributed by atoms with Crippen LogP contribution in [0.2, 0.25) is 0 Å². The Hall–Kier alpha value is -2.34. The minimum Gasteiger partial charge on any atom is -0.0949 e. The quantitative estimate of drug-likeness (QED) is 0.597. The monoisotopic (exact) mass is 314 g/mol. The van der Waals surface area contributed by atoms with Crippen LogP contribution in [0.5, 0.6) is 0 Å². The van der Waals surface area contributed by atoms with E-state index in [9.17, 15) is 0 Å². The van der Waals surface area contributed by atoms with Crippen LogP contribution < -0.4 is 0 Å². The largest absolute Gasteiger partial charge is 0.0949 e. The molecule has 0 heteroatoms. The molecule has 0 unspecified atom stereocenters. The van der Waals surface area contributed by atoms with Crippen molar-refractivity contribution in [1.82, 2.24) is 0 Å². The van der Waals surface area contributed by atoms with Gasteiger partial charge in [0.1, 0.15) is 0 Å². The minimum absolute atomic E-state index is 0.204. The molecule has 0 atom stereocenters. The fraction of sp³-hybridized carbons (Fsp3) is 0.250. The zero-order chi connectivity index (χ0) is 17.2. The van der Waals surface area contributed by atoms with E-state index in [4.69, 9.17) is 0 Å². The smallest absolute Gasteiger partial charge is 0.00257 e. The molecule has 0 radical (unpaired) electrons. The second-order valence-corrected chi connectivity index (χ2v) is 7.63. The van der Waals surface area contributed by atoms with Gasteiger partial charge in [-0.2, -0.15) is 0 Å². The fourth-order valence-electron chi connectivity index (χ4n) is 3.05. The molecule has 24 heavy (non-hydrogen) atoms. The third-order valence-electron chi connectivity index (χ3n) is 4.67. The first-order chi connectivity index (χ1) is 11.4. The third kappa shape index (κ3) is 3.76. The zero-order valence-electron chi connectivity index (χ0n) is 15.0. The lowest BCUT2D eigenvalue weighted by Crippen LogP contribution is -2.10. The van der Waals surface area contributed by atoms with E-state index in [0.717, 1.165) is 12.8 Å². The molecule has 0 saturated heterocycles. The van der Waals surface area contributed by atoms with Gasteiger partial charge in [0.15, 0.2) is 0 Å². The van der Waals surface area contributed by atoms with Gasteiger partial charge in [-0.05, 0) is 51.7 Å². The molecule has 3 rings (SSSR count). The first kappa shape index (κ1) is 16.5. The highest BCUT2D eigenvalue weighted by atomic mass is 14.2. The van der Waals surface area contributed by atoms with Crippen LogP contribution in [0.3, 0.4) is 0 Å². The third-order valence-corrected chi connectivity index (χ3v) is 4.67. The number of hydrogen-bond acceptors (Lipinski definition) is 0. The first-order valence-electron chi connectivity index (χ1n) is 8.67. The predicted octanol–water partition coefficient (Wildman–Crippen LogP) is 6.58. The summed E-state index contributed by atoms with van der Waals surface area (Å²) in [6.07, 6.45) is 8.46. The average molecular weight is 314 g/mol. The number of rotatable bonds is 4. The van der Waals surface area contributed by atoms with Crippen LogP contribution in [0.25, 0.3) is 11.1 Å². The van der Waals surface area contributed by atoms with Gasteiger partial charge < -0.3 is 0 Å². The highest BCUT2D eigenvalue weighted by Crippen LogP contribution is 2.27. The van der Waals surface area contributed by atoms with E-state index in [1.807, 2.05) is 0 Å². The van der Waals surface area contributed by atoms with Crippen LogP contribution in [0.1, 0.15) is 49.4 Å². The van der Waals surface area contributed by atoms with Crippen molar-refractivity contribution in [3.8, 4) is 0 Å². The van der Waals surface area contributed by atoms with Gasteiger partial charge in [-0.25, -0.2) is 0 Å².